The zero-order chi connectivity index (χ0) is 11.1. The van der Waals surface area contributed by atoms with Gasteiger partial charge in [-0.05, 0) is 24.6 Å². The summed E-state index contributed by atoms with van der Waals surface area (Å²) in [5.74, 6) is 0. The zero-order valence-corrected chi connectivity index (χ0v) is 13.3. The molecule has 0 bridgehead atoms. The van der Waals surface area contributed by atoms with E-state index >= 15 is 0 Å². The molecule has 0 spiro atoms. The SMILES string of the molecule is CNN=Cc1cc(C)cc(C=NNC)n1.[Cl-].[Cl-].[V+2]. The van der Waals surface area contributed by atoms with Crippen molar-refractivity contribution in [3.05, 3.63) is 29.1 Å². The van der Waals surface area contributed by atoms with Gasteiger partial charge in [-0.2, -0.15) is 10.2 Å². The standard InChI is InChI=1S/C10H15N5.2ClH.V/c1-8-4-9(6-13-11-2)15-10(5-8)7-14-12-3;;;/h4-7,11-12H,1-3H3;2*1H;/q;;;+2/p-2. The summed E-state index contributed by atoms with van der Waals surface area (Å²) in [6, 6.07) is 3.91. The Morgan fingerprint density at radius 2 is 1.39 bits per heavy atom. The van der Waals surface area contributed by atoms with Crippen LogP contribution in [0.5, 0.6) is 0 Å². The van der Waals surface area contributed by atoms with Crippen molar-refractivity contribution in [2.24, 2.45) is 10.2 Å². The van der Waals surface area contributed by atoms with Gasteiger partial charge in [-0.1, -0.05) is 0 Å². The molecule has 0 aliphatic rings. The average molecular weight is 327 g/mol. The smallest absolute Gasteiger partial charge is 1.00 e. The predicted molar refractivity (Wildman–Crippen MR) is 62.3 cm³/mol. The van der Waals surface area contributed by atoms with Gasteiger partial charge in [-0.3, -0.25) is 0 Å². The van der Waals surface area contributed by atoms with Crippen molar-refractivity contribution in [1.82, 2.24) is 15.8 Å². The number of pyridine rings is 1. The van der Waals surface area contributed by atoms with Crippen molar-refractivity contribution >= 4 is 12.4 Å². The van der Waals surface area contributed by atoms with Crippen LogP contribution in [0.1, 0.15) is 17.0 Å². The van der Waals surface area contributed by atoms with Gasteiger partial charge < -0.3 is 35.7 Å². The molecule has 1 aromatic heterocycles. The fraction of sp³-hybridized carbons (Fsp3) is 0.300. The van der Waals surface area contributed by atoms with Gasteiger partial charge >= 0.3 is 18.6 Å². The molecular formula is C10H15Cl2N5V. The molecule has 99 valence electrons. The Kier molecular flexibility index (Phi) is 15.8. The third-order valence-corrected chi connectivity index (χ3v) is 1.66. The molecule has 5 nitrogen and oxygen atoms in total. The Morgan fingerprint density at radius 1 is 1.00 bits per heavy atom. The summed E-state index contributed by atoms with van der Waals surface area (Å²) in [4.78, 5) is 4.33. The molecule has 0 aromatic carbocycles. The fourth-order valence-electron chi connectivity index (χ4n) is 1.12. The van der Waals surface area contributed by atoms with Gasteiger partial charge in [0.25, 0.3) is 0 Å². The van der Waals surface area contributed by atoms with Gasteiger partial charge in [0.05, 0.1) is 23.8 Å². The molecule has 1 rings (SSSR count). The number of hydrogen-bond donors (Lipinski definition) is 2. The van der Waals surface area contributed by atoms with Crippen molar-refractivity contribution in [3.8, 4) is 0 Å². The molecule has 0 atom stereocenters. The minimum Gasteiger partial charge on any atom is -1.00 e. The minimum absolute atomic E-state index is 0. The summed E-state index contributed by atoms with van der Waals surface area (Å²) in [5, 5.41) is 7.81. The Balaban J connectivity index is -0.000000750. The maximum atomic E-state index is 4.33. The van der Waals surface area contributed by atoms with Gasteiger partial charge in [-0.25, -0.2) is 4.98 Å². The summed E-state index contributed by atoms with van der Waals surface area (Å²) in [5.41, 5.74) is 8.10. The number of halogens is 2. The van der Waals surface area contributed by atoms with E-state index in [-0.39, 0.29) is 43.4 Å². The molecule has 0 fully saturated rings. The van der Waals surface area contributed by atoms with Crippen LogP contribution in [0.15, 0.2) is 22.3 Å². The van der Waals surface area contributed by atoms with Gasteiger partial charge in [0.15, 0.2) is 0 Å². The van der Waals surface area contributed by atoms with Crippen LogP contribution in [0.2, 0.25) is 0 Å². The first-order valence-electron chi connectivity index (χ1n) is 4.64. The Hall–Kier alpha value is -0.746. The average Bonchev–Trinajstić information content (AvgIpc) is 2.23. The van der Waals surface area contributed by atoms with Gasteiger partial charge in [-0.15, -0.1) is 0 Å². The van der Waals surface area contributed by atoms with E-state index in [4.69, 9.17) is 0 Å². The fourth-order valence-corrected chi connectivity index (χ4v) is 1.12. The quantitative estimate of drug-likeness (QED) is 0.429. The largest absolute Gasteiger partial charge is 2.00 e. The van der Waals surface area contributed by atoms with Crippen molar-refractivity contribution in [3.63, 3.8) is 0 Å². The van der Waals surface area contributed by atoms with Crippen LogP contribution >= 0.6 is 0 Å². The molecule has 0 saturated heterocycles. The molecule has 0 unspecified atom stereocenters. The molecule has 0 saturated carbocycles. The van der Waals surface area contributed by atoms with E-state index < -0.39 is 0 Å². The molecule has 8 heteroatoms. The molecule has 0 aliphatic heterocycles. The summed E-state index contributed by atoms with van der Waals surface area (Å²) in [6.07, 6.45) is 3.34. The van der Waals surface area contributed by atoms with E-state index in [9.17, 15) is 0 Å². The van der Waals surface area contributed by atoms with Crippen molar-refractivity contribution in [2.45, 2.75) is 6.92 Å². The number of hydrazone groups is 2. The Bertz CT molecular complexity index is 352. The topological polar surface area (TPSA) is 61.7 Å². The second kappa shape index (κ2) is 12.7. The van der Waals surface area contributed by atoms with E-state index in [2.05, 4.69) is 26.0 Å². The van der Waals surface area contributed by atoms with Crippen LogP contribution in [-0.2, 0) is 18.6 Å². The van der Waals surface area contributed by atoms with Gasteiger partial charge in [0.1, 0.15) is 0 Å². The first-order valence-corrected chi connectivity index (χ1v) is 4.64. The molecule has 1 heterocycles. The first-order chi connectivity index (χ1) is 7.26. The number of nitrogens with zero attached hydrogens (tertiary/aromatic N) is 3. The van der Waals surface area contributed by atoms with Crippen LogP contribution in [0.3, 0.4) is 0 Å². The molecule has 2 N–H and O–H groups in total. The van der Waals surface area contributed by atoms with Crippen LogP contribution in [-0.4, -0.2) is 31.5 Å². The Labute approximate surface area is 132 Å². The van der Waals surface area contributed by atoms with Gasteiger partial charge in [0, 0.05) is 14.1 Å². The number of hydrogen-bond acceptors (Lipinski definition) is 5. The third kappa shape index (κ3) is 8.36. The zero-order valence-electron chi connectivity index (χ0n) is 10.4. The summed E-state index contributed by atoms with van der Waals surface area (Å²) in [7, 11) is 3.49. The molecule has 0 aliphatic carbocycles. The van der Waals surface area contributed by atoms with Crippen molar-refractivity contribution < 1.29 is 43.4 Å². The summed E-state index contributed by atoms with van der Waals surface area (Å²) < 4.78 is 0. The number of aryl methyl sites for hydroxylation is 1. The van der Waals surface area contributed by atoms with Crippen LogP contribution in [0, 0.1) is 6.92 Å². The molecule has 1 radical (unpaired) electrons. The second-order valence-electron chi connectivity index (χ2n) is 2.96. The first kappa shape index (κ1) is 22.4. The monoisotopic (exact) mass is 326 g/mol. The van der Waals surface area contributed by atoms with E-state index in [1.54, 1.807) is 26.5 Å². The van der Waals surface area contributed by atoms with Crippen LogP contribution in [0.25, 0.3) is 0 Å². The molecule has 18 heavy (non-hydrogen) atoms. The third-order valence-electron chi connectivity index (χ3n) is 1.66. The molecule has 1 aromatic rings. The maximum absolute atomic E-state index is 4.33. The number of aromatic nitrogens is 1. The van der Waals surface area contributed by atoms with Gasteiger partial charge in [0.2, 0.25) is 0 Å². The Morgan fingerprint density at radius 3 is 1.72 bits per heavy atom. The predicted octanol–water partition coefficient (Wildman–Crippen LogP) is -5.50. The number of rotatable bonds is 4. The summed E-state index contributed by atoms with van der Waals surface area (Å²) >= 11 is 0. The van der Waals surface area contributed by atoms with E-state index in [1.807, 2.05) is 19.1 Å². The van der Waals surface area contributed by atoms with Crippen LogP contribution < -0.4 is 35.7 Å². The number of nitrogens with one attached hydrogen (secondary N) is 2. The normalized spacial score (nSPS) is 9.28. The van der Waals surface area contributed by atoms with Crippen molar-refractivity contribution in [1.29, 1.82) is 0 Å². The maximum Gasteiger partial charge on any atom is 2.00 e. The van der Waals surface area contributed by atoms with Crippen LogP contribution in [0.4, 0.5) is 0 Å². The van der Waals surface area contributed by atoms with E-state index in [0.29, 0.717) is 0 Å². The molecule has 0 amide bonds. The van der Waals surface area contributed by atoms with E-state index in [1.165, 1.54) is 0 Å². The minimum atomic E-state index is 0. The van der Waals surface area contributed by atoms with E-state index in [0.717, 1.165) is 17.0 Å². The second-order valence-corrected chi connectivity index (χ2v) is 2.96. The molecular weight excluding hydrogens is 312 g/mol. The summed E-state index contributed by atoms with van der Waals surface area (Å²) in [6.45, 7) is 2.01. The van der Waals surface area contributed by atoms with Crippen molar-refractivity contribution in [2.75, 3.05) is 14.1 Å².